The van der Waals surface area contributed by atoms with Crippen LogP contribution in [0.3, 0.4) is 0 Å². The molecule has 0 unspecified atom stereocenters. The molecule has 7 nitrogen and oxygen atoms in total. The van der Waals surface area contributed by atoms with Crippen molar-refractivity contribution < 1.29 is 14.3 Å². The molecule has 0 aliphatic carbocycles. The van der Waals surface area contributed by atoms with Gasteiger partial charge in [0.2, 0.25) is 11.1 Å². The van der Waals surface area contributed by atoms with E-state index >= 15 is 0 Å². The maximum atomic E-state index is 12.4. The summed E-state index contributed by atoms with van der Waals surface area (Å²) in [5, 5.41) is 10.6. The van der Waals surface area contributed by atoms with E-state index in [1.807, 2.05) is 56.3 Å². The van der Waals surface area contributed by atoms with Crippen LogP contribution in [0.4, 0.5) is 0 Å². The molecule has 3 aromatic rings. The van der Waals surface area contributed by atoms with Gasteiger partial charge in [-0.15, -0.1) is 5.10 Å². The van der Waals surface area contributed by atoms with E-state index in [0.717, 1.165) is 11.1 Å². The Labute approximate surface area is 174 Å². The van der Waals surface area contributed by atoms with E-state index in [1.165, 1.54) is 17.3 Å². The fourth-order valence-electron chi connectivity index (χ4n) is 2.82. The molecule has 1 amide bonds. The Bertz CT molecular complexity index is 972. The molecular formula is C21H24N4O3S. The first-order chi connectivity index (χ1) is 14.0. The molecule has 1 atom stereocenters. The van der Waals surface area contributed by atoms with Crippen LogP contribution in [-0.4, -0.2) is 41.1 Å². The van der Waals surface area contributed by atoms with Crippen LogP contribution >= 0.6 is 11.8 Å². The van der Waals surface area contributed by atoms with Crippen molar-refractivity contribution >= 4 is 17.7 Å². The molecule has 0 aliphatic heterocycles. The highest BCUT2D eigenvalue weighted by atomic mass is 32.2. The van der Waals surface area contributed by atoms with Gasteiger partial charge in [-0.05, 0) is 32.0 Å². The molecule has 0 bridgehead atoms. The summed E-state index contributed by atoms with van der Waals surface area (Å²) in [6, 6.07) is 13.3. The number of carbonyl (C=O) groups excluding carboxylic acids is 1. The second-order valence-corrected chi connectivity index (χ2v) is 7.46. The summed E-state index contributed by atoms with van der Waals surface area (Å²) >= 11 is 1.28. The van der Waals surface area contributed by atoms with Gasteiger partial charge in [0.15, 0.2) is 5.82 Å². The van der Waals surface area contributed by atoms with E-state index in [-0.39, 0.29) is 17.7 Å². The monoisotopic (exact) mass is 412 g/mol. The highest BCUT2D eigenvalue weighted by Gasteiger charge is 2.16. The highest BCUT2D eigenvalue weighted by Crippen LogP contribution is 2.29. The summed E-state index contributed by atoms with van der Waals surface area (Å²) in [4.78, 5) is 16.8. The molecule has 0 saturated carbocycles. The van der Waals surface area contributed by atoms with E-state index in [1.54, 1.807) is 14.2 Å². The zero-order valence-electron chi connectivity index (χ0n) is 16.9. The minimum atomic E-state index is -0.233. The van der Waals surface area contributed by atoms with Gasteiger partial charge in [-0.1, -0.05) is 41.6 Å². The molecule has 3 rings (SSSR count). The van der Waals surface area contributed by atoms with Crippen LogP contribution in [0.15, 0.2) is 47.6 Å². The van der Waals surface area contributed by atoms with Crippen molar-refractivity contribution in [3.05, 3.63) is 53.6 Å². The van der Waals surface area contributed by atoms with E-state index in [4.69, 9.17) is 9.47 Å². The van der Waals surface area contributed by atoms with Gasteiger partial charge in [0.05, 0.1) is 26.0 Å². The van der Waals surface area contributed by atoms with E-state index in [0.29, 0.717) is 22.5 Å². The fourth-order valence-corrected chi connectivity index (χ4v) is 3.43. The zero-order chi connectivity index (χ0) is 20.8. The number of aromatic amines is 1. The first-order valence-electron chi connectivity index (χ1n) is 9.13. The van der Waals surface area contributed by atoms with Gasteiger partial charge in [0.1, 0.15) is 11.5 Å². The number of hydrogen-bond acceptors (Lipinski definition) is 6. The smallest absolute Gasteiger partial charge is 0.230 e. The van der Waals surface area contributed by atoms with Crippen LogP contribution in [0, 0.1) is 6.92 Å². The Balaban J connectivity index is 1.58. The summed E-state index contributed by atoms with van der Waals surface area (Å²) in [5.74, 6) is 2.18. The number of nitrogens with zero attached hydrogens (tertiary/aromatic N) is 2. The fraction of sp³-hybridized carbons (Fsp3) is 0.286. The summed E-state index contributed by atoms with van der Waals surface area (Å²) in [7, 11) is 3.21. The van der Waals surface area contributed by atoms with Gasteiger partial charge in [0, 0.05) is 11.1 Å². The van der Waals surface area contributed by atoms with Crippen LogP contribution < -0.4 is 14.8 Å². The quantitative estimate of drug-likeness (QED) is 0.548. The largest absolute Gasteiger partial charge is 0.497 e. The molecule has 0 spiro atoms. The second-order valence-electron chi connectivity index (χ2n) is 6.52. The number of H-pyrrole nitrogens is 1. The Morgan fingerprint density at radius 1 is 1.17 bits per heavy atom. The van der Waals surface area contributed by atoms with Gasteiger partial charge in [-0.25, -0.2) is 4.98 Å². The molecule has 0 radical (unpaired) electrons. The molecule has 2 N–H and O–H groups in total. The topological polar surface area (TPSA) is 89.1 Å². The van der Waals surface area contributed by atoms with E-state index < -0.39 is 0 Å². The molecule has 1 aromatic heterocycles. The Morgan fingerprint density at radius 2 is 1.93 bits per heavy atom. The number of thioether (sulfide) groups is 1. The lowest BCUT2D eigenvalue weighted by Gasteiger charge is -2.18. The number of hydrogen-bond donors (Lipinski definition) is 2. The third-order valence-electron chi connectivity index (χ3n) is 4.40. The molecule has 8 heteroatoms. The molecule has 0 fully saturated rings. The van der Waals surface area contributed by atoms with Gasteiger partial charge in [-0.3, -0.25) is 9.89 Å². The van der Waals surface area contributed by atoms with Crippen LogP contribution in [0.5, 0.6) is 11.5 Å². The van der Waals surface area contributed by atoms with Crippen LogP contribution in [0.1, 0.15) is 24.1 Å². The molecule has 2 aromatic carbocycles. The predicted octanol–water partition coefficient (Wildman–Crippen LogP) is 3.77. The Hall–Kier alpha value is -3.00. The number of nitrogens with one attached hydrogen (secondary N) is 2. The van der Waals surface area contributed by atoms with Gasteiger partial charge in [0.25, 0.3) is 0 Å². The number of aromatic nitrogens is 3. The number of ether oxygens (including phenoxy) is 2. The minimum Gasteiger partial charge on any atom is -0.497 e. The first kappa shape index (κ1) is 20.7. The number of carbonyl (C=O) groups is 1. The van der Waals surface area contributed by atoms with Crippen molar-refractivity contribution in [2.45, 2.75) is 25.0 Å². The van der Waals surface area contributed by atoms with Crippen molar-refractivity contribution in [2.24, 2.45) is 0 Å². The standard InChI is InChI=1S/C21H24N4O3S/c1-13-5-7-15(8-6-13)20-23-21(25-24-20)29-12-19(26)22-14(2)17-11-16(27-3)9-10-18(17)28-4/h5-11,14H,12H2,1-4H3,(H,22,26)(H,23,24,25)/t14-/m0/s1. The maximum Gasteiger partial charge on any atom is 0.230 e. The lowest BCUT2D eigenvalue weighted by Crippen LogP contribution is -2.28. The average molecular weight is 413 g/mol. The maximum absolute atomic E-state index is 12.4. The molecule has 0 saturated heterocycles. The van der Waals surface area contributed by atoms with Gasteiger partial charge >= 0.3 is 0 Å². The van der Waals surface area contributed by atoms with Crippen molar-refractivity contribution in [1.29, 1.82) is 0 Å². The highest BCUT2D eigenvalue weighted by molar-refractivity contribution is 7.99. The van der Waals surface area contributed by atoms with E-state index in [2.05, 4.69) is 20.5 Å². The second kappa shape index (κ2) is 9.47. The van der Waals surface area contributed by atoms with Gasteiger partial charge in [-0.2, -0.15) is 0 Å². The number of benzene rings is 2. The summed E-state index contributed by atoms with van der Waals surface area (Å²) < 4.78 is 10.7. The lowest BCUT2D eigenvalue weighted by molar-refractivity contribution is -0.119. The molecular weight excluding hydrogens is 388 g/mol. The molecule has 1 heterocycles. The SMILES string of the molecule is COc1ccc(OC)c([C@H](C)NC(=O)CSc2n[nH]c(-c3ccc(C)cc3)n2)c1. The number of methoxy groups -OCH3 is 2. The number of rotatable bonds is 8. The van der Waals surface area contributed by atoms with Crippen LogP contribution in [0.2, 0.25) is 0 Å². The van der Waals surface area contributed by atoms with Crippen LogP contribution in [-0.2, 0) is 4.79 Å². The summed E-state index contributed by atoms with van der Waals surface area (Å²) in [5.41, 5.74) is 2.99. The Kier molecular flexibility index (Phi) is 6.77. The van der Waals surface area contributed by atoms with Crippen molar-refractivity contribution in [2.75, 3.05) is 20.0 Å². The third-order valence-corrected chi connectivity index (χ3v) is 5.25. The normalized spacial score (nSPS) is 11.7. The van der Waals surface area contributed by atoms with Gasteiger partial charge < -0.3 is 14.8 Å². The molecule has 152 valence electrons. The van der Waals surface area contributed by atoms with E-state index in [9.17, 15) is 4.79 Å². The molecule has 29 heavy (non-hydrogen) atoms. The lowest BCUT2D eigenvalue weighted by atomic mass is 10.1. The van der Waals surface area contributed by atoms with Crippen LogP contribution in [0.25, 0.3) is 11.4 Å². The molecule has 0 aliphatic rings. The first-order valence-corrected chi connectivity index (χ1v) is 10.1. The predicted molar refractivity (Wildman–Crippen MR) is 113 cm³/mol. The number of aryl methyl sites for hydroxylation is 1. The van der Waals surface area contributed by atoms with Crippen molar-refractivity contribution in [1.82, 2.24) is 20.5 Å². The number of amides is 1. The Morgan fingerprint density at radius 3 is 2.62 bits per heavy atom. The van der Waals surface area contributed by atoms with Crippen molar-refractivity contribution in [3.8, 4) is 22.9 Å². The summed E-state index contributed by atoms with van der Waals surface area (Å²) in [6.07, 6.45) is 0. The average Bonchev–Trinajstić information content (AvgIpc) is 3.21. The third kappa shape index (κ3) is 5.29. The zero-order valence-corrected chi connectivity index (χ0v) is 17.7. The van der Waals surface area contributed by atoms with Crippen molar-refractivity contribution in [3.63, 3.8) is 0 Å². The minimum absolute atomic E-state index is 0.117. The summed E-state index contributed by atoms with van der Waals surface area (Å²) in [6.45, 7) is 3.94.